The molecule has 0 aliphatic carbocycles. The average molecular weight is 240 g/mol. The zero-order chi connectivity index (χ0) is 12.7. The SMILES string of the molecule is CC(C)(C)OC(=O)N1CCC[C@@]12CCNC2=O. The van der Waals surface area contributed by atoms with Crippen molar-refractivity contribution in [2.45, 2.75) is 51.2 Å². The van der Waals surface area contributed by atoms with Crippen LogP contribution in [0.2, 0.25) is 0 Å². The number of amides is 2. The summed E-state index contributed by atoms with van der Waals surface area (Å²) < 4.78 is 5.36. The third-order valence-electron chi connectivity index (χ3n) is 3.35. The molecule has 5 nitrogen and oxygen atoms in total. The first-order valence-corrected chi connectivity index (χ1v) is 6.14. The Morgan fingerprint density at radius 3 is 2.65 bits per heavy atom. The molecule has 0 aromatic carbocycles. The van der Waals surface area contributed by atoms with Crippen molar-refractivity contribution >= 4 is 12.0 Å². The van der Waals surface area contributed by atoms with Gasteiger partial charge in [-0.1, -0.05) is 0 Å². The molecule has 0 bridgehead atoms. The van der Waals surface area contributed by atoms with Crippen molar-refractivity contribution in [3.05, 3.63) is 0 Å². The molecular formula is C12H20N2O3. The van der Waals surface area contributed by atoms with Crippen molar-refractivity contribution in [1.29, 1.82) is 0 Å². The van der Waals surface area contributed by atoms with Crippen LogP contribution < -0.4 is 5.32 Å². The maximum Gasteiger partial charge on any atom is 0.411 e. The summed E-state index contributed by atoms with van der Waals surface area (Å²) in [6.45, 7) is 6.77. The summed E-state index contributed by atoms with van der Waals surface area (Å²) in [5.41, 5.74) is -1.15. The second-order valence-corrected chi connectivity index (χ2v) is 5.77. The van der Waals surface area contributed by atoms with Gasteiger partial charge in [0.05, 0.1) is 0 Å². The molecule has 17 heavy (non-hydrogen) atoms. The maximum atomic E-state index is 12.1. The van der Waals surface area contributed by atoms with E-state index < -0.39 is 11.1 Å². The minimum absolute atomic E-state index is 0.0270. The number of hydrogen-bond donors (Lipinski definition) is 1. The van der Waals surface area contributed by atoms with Gasteiger partial charge in [-0.05, 0) is 40.0 Å². The molecule has 1 N–H and O–H groups in total. The number of hydrogen-bond acceptors (Lipinski definition) is 3. The lowest BCUT2D eigenvalue weighted by molar-refractivity contribution is -0.128. The summed E-state index contributed by atoms with van der Waals surface area (Å²) in [7, 11) is 0. The fraction of sp³-hybridized carbons (Fsp3) is 0.833. The highest BCUT2D eigenvalue weighted by Crippen LogP contribution is 2.36. The number of nitrogens with one attached hydrogen (secondary N) is 1. The Labute approximate surface area is 101 Å². The predicted molar refractivity (Wildman–Crippen MR) is 62.5 cm³/mol. The van der Waals surface area contributed by atoms with Gasteiger partial charge in [0.1, 0.15) is 11.1 Å². The van der Waals surface area contributed by atoms with E-state index in [1.807, 2.05) is 20.8 Å². The molecule has 0 radical (unpaired) electrons. The first-order valence-electron chi connectivity index (χ1n) is 6.14. The van der Waals surface area contributed by atoms with Crippen LogP contribution >= 0.6 is 0 Å². The predicted octanol–water partition coefficient (Wildman–Crippen LogP) is 1.28. The summed E-state index contributed by atoms with van der Waals surface area (Å²) in [6, 6.07) is 0. The van der Waals surface area contributed by atoms with Crippen molar-refractivity contribution < 1.29 is 14.3 Å². The number of nitrogens with zero attached hydrogens (tertiary/aromatic N) is 1. The fourth-order valence-corrected chi connectivity index (χ4v) is 2.62. The Hall–Kier alpha value is -1.26. The molecule has 1 atom stereocenters. The van der Waals surface area contributed by atoms with Gasteiger partial charge in [-0.15, -0.1) is 0 Å². The Balaban J connectivity index is 2.15. The molecule has 0 unspecified atom stereocenters. The number of carbonyl (C=O) groups excluding carboxylic acids is 2. The molecule has 96 valence electrons. The highest BCUT2D eigenvalue weighted by Gasteiger charge is 2.53. The Kier molecular flexibility index (Phi) is 2.79. The topological polar surface area (TPSA) is 58.6 Å². The molecule has 0 aromatic rings. The summed E-state index contributed by atoms with van der Waals surface area (Å²) >= 11 is 0. The van der Waals surface area contributed by atoms with Gasteiger partial charge in [0.15, 0.2) is 0 Å². The van der Waals surface area contributed by atoms with E-state index in [4.69, 9.17) is 4.74 Å². The van der Waals surface area contributed by atoms with Gasteiger partial charge in [0.2, 0.25) is 5.91 Å². The molecule has 1 spiro atoms. The second kappa shape index (κ2) is 3.89. The van der Waals surface area contributed by atoms with Crippen molar-refractivity contribution in [3.8, 4) is 0 Å². The lowest BCUT2D eigenvalue weighted by Gasteiger charge is -2.33. The van der Waals surface area contributed by atoms with E-state index in [1.165, 1.54) is 0 Å². The Morgan fingerprint density at radius 2 is 2.12 bits per heavy atom. The van der Waals surface area contributed by atoms with E-state index in [1.54, 1.807) is 4.90 Å². The lowest BCUT2D eigenvalue weighted by atomic mass is 9.95. The number of ether oxygens (including phenoxy) is 1. The minimum Gasteiger partial charge on any atom is -0.444 e. The van der Waals surface area contributed by atoms with Gasteiger partial charge in [0.25, 0.3) is 0 Å². The molecule has 0 saturated carbocycles. The third-order valence-corrected chi connectivity index (χ3v) is 3.35. The zero-order valence-corrected chi connectivity index (χ0v) is 10.7. The van der Waals surface area contributed by atoms with Crippen LogP contribution in [-0.2, 0) is 9.53 Å². The summed E-state index contributed by atoms with van der Waals surface area (Å²) in [4.78, 5) is 25.6. The standard InChI is InChI=1S/C12H20N2O3/c1-11(2,3)17-10(16)14-8-4-5-12(14)6-7-13-9(12)15/h4-8H2,1-3H3,(H,13,15)/t12-/m0/s1. The van der Waals surface area contributed by atoms with Crippen LogP contribution in [0.25, 0.3) is 0 Å². The molecule has 2 rings (SSSR count). The van der Waals surface area contributed by atoms with Crippen molar-refractivity contribution in [2.75, 3.05) is 13.1 Å². The molecule has 5 heteroatoms. The van der Waals surface area contributed by atoms with Crippen LogP contribution in [0, 0.1) is 0 Å². The zero-order valence-electron chi connectivity index (χ0n) is 10.7. The number of carbonyl (C=O) groups is 2. The normalized spacial score (nSPS) is 28.6. The van der Waals surface area contributed by atoms with E-state index in [0.29, 0.717) is 19.5 Å². The summed E-state index contributed by atoms with van der Waals surface area (Å²) in [5, 5.41) is 2.81. The largest absolute Gasteiger partial charge is 0.444 e. The third kappa shape index (κ3) is 2.10. The molecule has 2 heterocycles. The molecule has 2 saturated heterocycles. The second-order valence-electron chi connectivity index (χ2n) is 5.77. The molecule has 2 amide bonds. The van der Waals surface area contributed by atoms with Gasteiger partial charge >= 0.3 is 6.09 Å². The fourth-order valence-electron chi connectivity index (χ4n) is 2.62. The highest BCUT2D eigenvalue weighted by molar-refractivity contribution is 5.92. The average Bonchev–Trinajstić information content (AvgIpc) is 2.74. The Morgan fingerprint density at radius 1 is 1.41 bits per heavy atom. The summed E-state index contributed by atoms with van der Waals surface area (Å²) in [5.74, 6) is -0.0270. The quantitative estimate of drug-likeness (QED) is 0.694. The van der Waals surface area contributed by atoms with Crippen LogP contribution in [0.15, 0.2) is 0 Å². The molecule has 2 aliphatic rings. The van der Waals surface area contributed by atoms with Crippen molar-refractivity contribution in [1.82, 2.24) is 10.2 Å². The first kappa shape index (κ1) is 12.2. The van der Waals surface area contributed by atoms with E-state index in [9.17, 15) is 9.59 Å². The molecule has 2 fully saturated rings. The van der Waals surface area contributed by atoms with E-state index >= 15 is 0 Å². The van der Waals surface area contributed by atoms with Crippen molar-refractivity contribution in [3.63, 3.8) is 0 Å². The lowest BCUT2D eigenvalue weighted by Crippen LogP contribution is -2.53. The number of likely N-dealkylation sites (tertiary alicyclic amines) is 1. The van der Waals surface area contributed by atoms with Gasteiger partial charge in [-0.2, -0.15) is 0 Å². The first-order chi connectivity index (χ1) is 7.85. The van der Waals surface area contributed by atoms with Crippen LogP contribution in [0.1, 0.15) is 40.0 Å². The van der Waals surface area contributed by atoms with Gasteiger partial charge in [-0.25, -0.2) is 4.79 Å². The van der Waals surface area contributed by atoms with Gasteiger partial charge in [-0.3, -0.25) is 9.69 Å². The molecule has 0 aromatic heterocycles. The van der Waals surface area contributed by atoms with Crippen molar-refractivity contribution in [2.24, 2.45) is 0 Å². The minimum atomic E-state index is -0.637. The Bertz CT molecular complexity index is 344. The number of rotatable bonds is 0. The maximum absolute atomic E-state index is 12.1. The smallest absolute Gasteiger partial charge is 0.411 e. The van der Waals surface area contributed by atoms with Crippen LogP contribution in [0.5, 0.6) is 0 Å². The van der Waals surface area contributed by atoms with E-state index in [0.717, 1.165) is 12.8 Å². The van der Waals surface area contributed by atoms with Crippen LogP contribution in [-0.4, -0.2) is 41.1 Å². The van der Waals surface area contributed by atoms with E-state index in [-0.39, 0.29) is 12.0 Å². The van der Waals surface area contributed by atoms with Gasteiger partial charge < -0.3 is 10.1 Å². The van der Waals surface area contributed by atoms with Gasteiger partial charge in [0, 0.05) is 13.1 Å². The van der Waals surface area contributed by atoms with E-state index in [2.05, 4.69) is 5.32 Å². The van der Waals surface area contributed by atoms with Crippen LogP contribution in [0.4, 0.5) is 4.79 Å². The highest BCUT2D eigenvalue weighted by atomic mass is 16.6. The monoisotopic (exact) mass is 240 g/mol. The summed E-state index contributed by atoms with van der Waals surface area (Å²) in [6.07, 6.45) is 1.95. The van der Waals surface area contributed by atoms with Crippen LogP contribution in [0.3, 0.4) is 0 Å². The molecule has 2 aliphatic heterocycles. The molecular weight excluding hydrogens is 220 g/mol.